The van der Waals surface area contributed by atoms with Crippen LogP contribution >= 0.6 is 0 Å². The third-order valence-electron chi connectivity index (χ3n) is 1.88. The van der Waals surface area contributed by atoms with Gasteiger partial charge in [-0.25, -0.2) is 0 Å². The highest BCUT2D eigenvalue weighted by Gasteiger charge is 2.23. The third-order valence-corrected chi connectivity index (χ3v) is 1.88. The van der Waals surface area contributed by atoms with Crippen molar-refractivity contribution in [3.8, 4) is 6.07 Å². The van der Waals surface area contributed by atoms with Crippen LogP contribution in [0.3, 0.4) is 0 Å². The van der Waals surface area contributed by atoms with E-state index in [2.05, 4.69) is 0 Å². The van der Waals surface area contributed by atoms with Crippen LogP contribution in [0.4, 0.5) is 0 Å². The number of carboxylic acids is 1. The van der Waals surface area contributed by atoms with Gasteiger partial charge >= 0.3 is 5.97 Å². The van der Waals surface area contributed by atoms with E-state index < -0.39 is 11.9 Å². The van der Waals surface area contributed by atoms with Crippen molar-refractivity contribution in [2.45, 2.75) is 27.2 Å². The first kappa shape index (κ1) is 11.0. The Bertz CT molecular complexity index is 193. The number of hydrogen-bond donors (Lipinski definition) is 1. The van der Waals surface area contributed by atoms with Crippen LogP contribution in [0.25, 0.3) is 0 Å². The Morgan fingerprint density at radius 2 is 2.00 bits per heavy atom. The molecule has 0 amide bonds. The fraction of sp³-hybridized carbons (Fsp3) is 0.778. The van der Waals surface area contributed by atoms with Crippen molar-refractivity contribution in [3.05, 3.63) is 0 Å². The van der Waals surface area contributed by atoms with Crippen LogP contribution in [0.15, 0.2) is 0 Å². The van der Waals surface area contributed by atoms with E-state index in [0.29, 0.717) is 12.3 Å². The fourth-order valence-corrected chi connectivity index (χ4v) is 1.05. The van der Waals surface area contributed by atoms with Crippen LogP contribution < -0.4 is 0 Å². The second kappa shape index (κ2) is 4.76. The maximum atomic E-state index is 10.5. The molecule has 12 heavy (non-hydrogen) atoms. The molecule has 1 N–H and O–H groups in total. The second-order valence-electron chi connectivity index (χ2n) is 3.49. The quantitative estimate of drug-likeness (QED) is 0.699. The summed E-state index contributed by atoms with van der Waals surface area (Å²) in [5, 5.41) is 17.3. The lowest BCUT2D eigenvalue weighted by Gasteiger charge is -2.14. The smallest absolute Gasteiger partial charge is 0.307 e. The molecule has 0 aromatic heterocycles. The predicted molar refractivity (Wildman–Crippen MR) is 45.4 cm³/mol. The minimum Gasteiger partial charge on any atom is -0.481 e. The standard InChI is InChI=1S/C9H15NO2/c1-6(2)4-8(5-10)7(3)9(11)12/h6-8H,4H2,1-3H3,(H,11,12). The molecule has 0 fully saturated rings. The number of carboxylic acid groups (broad SMARTS) is 1. The highest BCUT2D eigenvalue weighted by Crippen LogP contribution is 2.19. The van der Waals surface area contributed by atoms with E-state index in [0.717, 1.165) is 0 Å². The number of rotatable bonds is 4. The molecule has 0 aromatic rings. The molecule has 0 aliphatic heterocycles. The van der Waals surface area contributed by atoms with Gasteiger partial charge in [0.05, 0.1) is 17.9 Å². The molecule has 68 valence electrons. The third kappa shape index (κ3) is 3.38. The van der Waals surface area contributed by atoms with Gasteiger partial charge in [-0.05, 0) is 12.3 Å². The molecule has 0 bridgehead atoms. The molecular weight excluding hydrogens is 154 g/mol. The van der Waals surface area contributed by atoms with Crippen molar-refractivity contribution in [2.75, 3.05) is 0 Å². The predicted octanol–water partition coefficient (Wildman–Crippen LogP) is 1.89. The molecule has 0 spiro atoms. The van der Waals surface area contributed by atoms with Crippen LogP contribution in [0.1, 0.15) is 27.2 Å². The van der Waals surface area contributed by atoms with E-state index >= 15 is 0 Å². The van der Waals surface area contributed by atoms with Crippen LogP contribution in [0.2, 0.25) is 0 Å². The first-order valence-corrected chi connectivity index (χ1v) is 4.11. The summed E-state index contributed by atoms with van der Waals surface area (Å²) in [4.78, 5) is 10.5. The molecule has 0 rings (SSSR count). The topological polar surface area (TPSA) is 61.1 Å². The van der Waals surface area contributed by atoms with Crippen LogP contribution in [-0.2, 0) is 4.79 Å². The zero-order valence-electron chi connectivity index (χ0n) is 7.74. The molecule has 0 aliphatic carbocycles. The minimum absolute atomic E-state index is 0.359. The summed E-state index contributed by atoms with van der Waals surface area (Å²) >= 11 is 0. The van der Waals surface area contributed by atoms with Crippen molar-refractivity contribution in [2.24, 2.45) is 17.8 Å². The molecular formula is C9H15NO2. The average Bonchev–Trinajstić information content (AvgIpc) is 1.98. The van der Waals surface area contributed by atoms with Gasteiger partial charge in [0.1, 0.15) is 0 Å². The normalized spacial score (nSPS) is 15.2. The summed E-state index contributed by atoms with van der Waals surface area (Å²) in [5.74, 6) is -1.43. The lowest BCUT2D eigenvalue weighted by molar-refractivity contribution is -0.142. The molecule has 3 heteroatoms. The highest BCUT2D eigenvalue weighted by atomic mass is 16.4. The lowest BCUT2D eigenvalue weighted by atomic mass is 9.88. The Labute approximate surface area is 73.0 Å². The maximum Gasteiger partial charge on any atom is 0.307 e. The minimum atomic E-state index is -0.887. The second-order valence-corrected chi connectivity index (χ2v) is 3.49. The average molecular weight is 169 g/mol. The summed E-state index contributed by atoms with van der Waals surface area (Å²) in [7, 11) is 0. The van der Waals surface area contributed by atoms with Gasteiger partial charge in [0.2, 0.25) is 0 Å². The van der Waals surface area contributed by atoms with Crippen molar-refractivity contribution in [1.29, 1.82) is 5.26 Å². The number of carbonyl (C=O) groups is 1. The van der Waals surface area contributed by atoms with E-state index in [1.165, 1.54) is 0 Å². The maximum absolute atomic E-state index is 10.5. The Hall–Kier alpha value is -1.04. The first-order chi connectivity index (χ1) is 5.49. The van der Waals surface area contributed by atoms with Gasteiger partial charge in [-0.1, -0.05) is 20.8 Å². The number of nitriles is 1. The first-order valence-electron chi connectivity index (χ1n) is 4.11. The Morgan fingerprint density at radius 1 is 1.50 bits per heavy atom. The van der Waals surface area contributed by atoms with Gasteiger partial charge in [0, 0.05) is 0 Å². The largest absolute Gasteiger partial charge is 0.481 e. The summed E-state index contributed by atoms with van der Waals surface area (Å²) in [6.07, 6.45) is 0.657. The fourth-order valence-electron chi connectivity index (χ4n) is 1.05. The van der Waals surface area contributed by atoms with E-state index in [1.807, 2.05) is 19.9 Å². The Morgan fingerprint density at radius 3 is 2.25 bits per heavy atom. The number of aliphatic carboxylic acids is 1. The SMILES string of the molecule is CC(C)CC(C#N)C(C)C(=O)O. The Kier molecular flexibility index (Phi) is 4.35. The van der Waals surface area contributed by atoms with Crippen LogP contribution in [0, 0.1) is 29.1 Å². The van der Waals surface area contributed by atoms with Crippen molar-refractivity contribution in [1.82, 2.24) is 0 Å². The molecule has 0 saturated carbocycles. The van der Waals surface area contributed by atoms with Crippen molar-refractivity contribution >= 4 is 5.97 Å². The molecule has 0 aromatic carbocycles. The number of nitrogens with zero attached hydrogens (tertiary/aromatic N) is 1. The highest BCUT2D eigenvalue weighted by molar-refractivity contribution is 5.70. The van der Waals surface area contributed by atoms with Crippen LogP contribution in [-0.4, -0.2) is 11.1 Å². The monoisotopic (exact) mass is 169 g/mol. The van der Waals surface area contributed by atoms with E-state index in [4.69, 9.17) is 10.4 Å². The van der Waals surface area contributed by atoms with Gasteiger partial charge in [-0.15, -0.1) is 0 Å². The molecule has 0 radical (unpaired) electrons. The summed E-state index contributed by atoms with van der Waals surface area (Å²) in [6.45, 7) is 5.55. The molecule has 2 atom stereocenters. The van der Waals surface area contributed by atoms with Gasteiger partial charge in [0.25, 0.3) is 0 Å². The van der Waals surface area contributed by atoms with E-state index in [1.54, 1.807) is 6.92 Å². The molecule has 0 saturated heterocycles. The van der Waals surface area contributed by atoms with Gasteiger partial charge < -0.3 is 5.11 Å². The summed E-state index contributed by atoms with van der Waals surface area (Å²) in [5.41, 5.74) is 0. The summed E-state index contributed by atoms with van der Waals surface area (Å²) < 4.78 is 0. The van der Waals surface area contributed by atoms with Gasteiger partial charge in [-0.3, -0.25) is 4.79 Å². The zero-order valence-corrected chi connectivity index (χ0v) is 7.74. The summed E-state index contributed by atoms with van der Waals surface area (Å²) in [6, 6.07) is 2.03. The number of hydrogen-bond acceptors (Lipinski definition) is 2. The van der Waals surface area contributed by atoms with Crippen molar-refractivity contribution < 1.29 is 9.90 Å². The molecule has 0 aliphatic rings. The molecule has 0 heterocycles. The molecule has 2 unspecified atom stereocenters. The Balaban J connectivity index is 4.17. The van der Waals surface area contributed by atoms with Gasteiger partial charge in [-0.2, -0.15) is 5.26 Å². The zero-order chi connectivity index (χ0) is 9.72. The van der Waals surface area contributed by atoms with Gasteiger partial charge in [0.15, 0.2) is 0 Å². The molecule has 3 nitrogen and oxygen atoms in total. The van der Waals surface area contributed by atoms with Crippen molar-refractivity contribution in [3.63, 3.8) is 0 Å². The lowest BCUT2D eigenvalue weighted by Crippen LogP contribution is -2.20. The van der Waals surface area contributed by atoms with E-state index in [9.17, 15) is 4.79 Å². The van der Waals surface area contributed by atoms with Crippen LogP contribution in [0.5, 0.6) is 0 Å². The van der Waals surface area contributed by atoms with E-state index in [-0.39, 0.29) is 5.92 Å².